The van der Waals surface area contributed by atoms with Gasteiger partial charge in [-0.25, -0.2) is 9.99 Å². The molecule has 24 heavy (non-hydrogen) atoms. The summed E-state index contributed by atoms with van der Waals surface area (Å²) in [6.07, 6.45) is 2.41. The summed E-state index contributed by atoms with van der Waals surface area (Å²) in [7, 11) is 1.52. The Hall–Kier alpha value is -2.73. The van der Waals surface area contributed by atoms with Crippen molar-refractivity contribution in [2.24, 2.45) is 5.10 Å². The molecule has 0 spiro atoms. The van der Waals surface area contributed by atoms with E-state index in [1.54, 1.807) is 12.3 Å². The number of nitrogens with one attached hydrogen (secondary N) is 1. The summed E-state index contributed by atoms with van der Waals surface area (Å²) >= 11 is 5.97. The Kier molecular flexibility index (Phi) is 4.57. The molecular formula is C17H15ClN4O2. The highest BCUT2D eigenvalue weighted by atomic mass is 35.5. The minimum atomic E-state index is -0.414. The van der Waals surface area contributed by atoms with Gasteiger partial charge >= 0.3 is 0 Å². The summed E-state index contributed by atoms with van der Waals surface area (Å²) in [5.41, 5.74) is 2.28. The van der Waals surface area contributed by atoms with Crippen molar-refractivity contribution in [1.82, 2.24) is 9.99 Å². The van der Waals surface area contributed by atoms with Gasteiger partial charge in [-0.2, -0.15) is 5.10 Å². The molecule has 0 saturated carbocycles. The first-order valence-electron chi connectivity index (χ1n) is 7.36. The number of carbonyl (C=O) groups is 2. The van der Waals surface area contributed by atoms with Gasteiger partial charge in [0.2, 0.25) is 5.91 Å². The van der Waals surface area contributed by atoms with Gasteiger partial charge in [-0.1, -0.05) is 29.8 Å². The third-order valence-corrected chi connectivity index (χ3v) is 3.81. The molecule has 1 aromatic carbocycles. The number of hydrazone groups is 1. The first kappa shape index (κ1) is 16.1. The van der Waals surface area contributed by atoms with E-state index < -0.39 is 5.91 Å². The minimum Gasteiger partial charge on any atom is -0.305 e. The molecule has 1 aliphatic rings. The van der Waals surface area contributed by atoms with Gasteiger partial charge in [0.25, 0.3) is 5.91 Å². The Labute approximate surface area is 144 Å². The fraction of sp³-hybridized carbons (Fsp3) is 0.176. The highest BCUT2D eigenvalue weighted by molar-refractivity contribution is 6.46. The number of pyridine rings is 1. The van der Waals surface area contributed by atoms with Gasteiger partial charge in [-0.05, 0) is 35.7 Å². The molecule has 6 nitrogen and oxygen atoms in total. The monoisotopic (exact) mass is 342 g/mol. The second-order valence-electron chi connectivity index (χ2n) is 5.45. The standard InChI is InChI=1S/C17H15ClN4O2/c1-22-16(23)9-14(21-22)17(24)20-15-6-5-12(10-19-15)7-11-3-2-4-13(18)8-11/h2-6,8,10H,7,9H2,1H3,(H,19,20,24). The lowest BCUT2D eigenvalue weighted by atomic mass is 10.1. The van der Waals surface area contributed by atoms with Crippen molar-refractivity contribution in [3.8, 4) is 0 Å². The van der Waals surface area contributed by atoms with Gasteiger partial charge in [0, 0.05) is 18.3 Å². The second kappa shape index (κ2) is 6.80. The Balaban J connectivity index is 1.63. The van der Waals surface area contributed by atoms with E-state index in [1.165, 1.54) is 7.05 Å². The lowest BCUT2D eigenvalue weighted by Crippen LogP contribution is -2.22. The third kappa shape index (κ3) is 3.78. The zero-order valence-corrected chi connectivity index (χ0v) is 13.7. The van der Waals surface area contributed by atoms with E-state index >= 15 is 0 Å². The van der Waals surface area contributed by atoms with Crippen molar-refractivity contribution in [1.29, 1.82) is 0 Å². The molecule has 0 radical (unpaired) electrons. The van der Waals surface area contributed by atoms with Crippen LogP contribution in [0.25, 0.3) is 0 Å². The van der Waals surface area contributed by atoms with Crippen LogP contribution in [0, 0.1) is 0 Å². The maximum Gasteiger partial charge on any atom is 0.273 e. The summed E-state index contributed by atoms with van der Waals surface area (Å²) in [6, 6.07) is 11.2. The molecule has 2 amide bonds. The topological polar surface area (TPSA) is 74.7 Å². The van der Waals surface area contributed by atoms with Crippen LogP contribution in [-0.4, -0.2) is 34.6 Å². The molecule has 122 valence electrons. The number of nitrogens with zero attached hydrogens (tertiary/aromatic N) is 3. The number of carbonyl (C=O) groups excluding carboxylic acids is 2. The van der Waals surface area contributed by atoms with Crippen LogP contribution in [0.3, 0.4) is 0 Å². The maximum absolute atomic E-state index is 12.0. The lowest BCUT2D eigenvalue weighted by Gasteiger charge is -2.06. The Morgan fingerprint density at radius 1 is 1.29 bits per heavy atom. The highest BCUT2D eigenvalue weighted by Gasteiger charge is 2.25. The number of hydrogen-bond acceptors (Lipinski definition) is 4. The van der Waals surface area contributed by atoms with Crippen molar-refractivity contribution in [2.45, 2.75) is 12.8 Å². The quantitative estimate of drug-likeness (QED) is 0.927. The molecule has 0 fully saturated rings. The van der Waals surface area contributed by atoms with Crippen molar-refractivity contribution < 1.29 is 9.59 Å². The summed E-state index contributed by atoms with van der Waals surface area (Å²) in [5.74, 6) is -0.202. The number of hydrogen-bond donors (Lipinski definition) is 1. The normalized spacial score (nSPS) is 13.8. The predicted molar refractivity (Wildman–Crippen MR) is 91.9 cm³/mol. The zero-order chi connectivity index (χ0) is 17.1. The molecule has 0 bridgehead atoms. The van der Waals surface area contributed by atoms with Crippen LogP contribution in [0.5, 0.6) is 0 Å². The number of halogens is 1. The molecule has 0 unspecified atom stereocenters. The molecule has 2 heterocycles. The minimum absolute atomic E-state index is 0.00911. The van der Waals surface area contributed by atoms with Crippen molar-refractivity contribution >= 4 is 34.9 Å². The van der Waals surface area contributed by atoms with E-state index in [0.29, 0.717) is 17.3 Å². The fourth-order valence-corrected chi connectivity index (χ4v) is 2.54. The predicted octanol–water partition coefficient (Wildman–Crippen LogP) is 2.48. The van der Waals surface area contributed by atoms with Gasteiger partial charge in [-0.3, -0.25) is 9.59 Å². The van der Waals surface area contributed by atoms with Gasteiger partial charge in [0.15, 0.2) is 0 Å². The number of amides is 2. The van der Waals surface area contributed by atoms with Crippen molar-refractivity contribution in [3.05, 3.63) is 58.7 Å². The van der Waals surface area contributed by atoms with Crippen LogP contribution in [0.15, 0.2) is 47.7 Å². The largest absolute Gasteiger partial charge is 0.305 e. The zero-order valence-electron chi connectivity index (χ0n) is 13.0. The Bertz CT molecular complexity index is 818. The first-order valence-corrected chi connectivity index (χ1v) is 7.74. The maximum atomic E-state index is 12.0. The molecule has 3 rings (SSSR count). The highest BCUT2D eigenvalue weighted by Crippen LogP contribution is 2.15. The Morgan fingerprint density at radius 2 is 2.12 bits per heavy atom. The van der Waals surface area contributed by atoms with Crippen LogP contribution in [0.1, 0.15) is 17.5 Å². The summed E-state index contributed by atoms with van der Waals surface area (Å²) in [6.45, 7) is 0. The smallest absolute Gasteiger partial charge is 0.273 e. The number of aromatic nitrogens is 1. The van der Waals surface area contributed by atoms with E-state index in [2.05, 4.69) is 15.4 Å². The number of rotatable bonds is 4. The molecule has 1 N–H and O–H groups in total. The van der Waals surface area contributed by atoms with E-state index in [4.69, 9.17) is 11.6 Å². The molecule has 2 aromatic rings. The van der Waals surface area contributed by atoms with E-state index in [-0.39, 0.29) is 18.0 Å². The first-order chi connectivity index (χ1) is 11.5. The van der Waals surface area contributed by atoms with Crippen molar-refractivity contribution in [2.75, 3.05) is 12.4 Å². The molecular weight excluding hydrogens is 328 g/mol. The van der Waals surface area contributed by atoms with Crippen LogP contribution in [0.4, 0.5) is 5.82 Å². The van der Waals surface area contributed by atoms with Crippen LogP contribution < -0.4 is 5.32 Å². The molecule has 0 saturated heterocycles. The molecule has 7 heteroatoms. The molecule has 0 aliphatic carbocycles. The lowest BCUT2D eigenvalue weighted by molar-refractivity contribution is -0.127. The van der Waals surface area contributed by atoms with E-state index in [0.717, 1.165) is 16.1 Å². The van der Waals surface area contributed by atoms with Gasteiger partial charge in [-0.15, -0.1) is 0 Å². The fourth-order valence-electron chi connectivity index (χ4n) is 2.33. The average Bonchev–Trinajstić information content (AvgIpc) is 2.89. The van der Waals surface area contributed by atoms with Crippen LogP contribution in [-0.2, 0) is 16.0 Å². The third-order valence-electron chi connectivity index (χ3n) is 3.58. The van der Waals surface area contributed by atoms with Gasteiger partial charge in [0.05, 0.1) is 6.42 Å². The number of benzene rings is 1. The molecule has 1 aliphatic heterocycles. The SMILES string of the molecule is CN1N=C(C(=O)Nc2ccc(Cc3cccc(Cl)c3)cn2)CC1=O. The van der Waals surface area contributed by atoms with E-state index in [1.807, 2.05) is 30.3 Å². The molecule has 1 aromatic heterocycles. The van der Waals surface area contributed by atoms with Crippen molar-refractivity contribution in [3.63, 3.8) is 0 Å². The van der Waals surface area contributed by atoms with E-state index in [9.17, 15) is 9.59 Å². The summed E-state index contributed by atoms with van der Waals surface area (Å²) < 4.78 is 0. The second-order valence-corrected chi connectivity index (χ2v) is 5.89. The Morgan fingerprint density at radius 3 is 2.75 bits per heavy atom. The molecule has 0 atom stereocenters. The summed E-state index contributed by atoms with van der Waals surface area (Å²) in [5, 5.41) is 8.40. The van der Waals surface area contributed by atoms with Gasteiger partial charge in [0.1, 0.15) is 11.5 Å². The number of anilines is 1. The van der Waals surface area contributed by atoms with Crippen LogP contribution in [0.2, 0.25) is 5.02 Å². The van der Waals surface area contributed by atoms with Gasteiger partial charge < -0.3 is 5.32 Å². The average molecular weight is 343 g/mol. The summed E-state index contributed by atoms with van der Waals surface area (Å²) in [4.78, 5) is 27.7. The van der Waals surface area contributed by atoms with Crippen LogP contribution >= 0.6 is 11.6 Å².